The number of aromatic nitrogens is 1. The monoisotopic (exact) mass is 264 g/mol. The van der Waals surface area contributed by atoms with Crippen molar-refractivity contribution in [2.24, 2.45) is 5.92 Å². The highest BCUT2D eigenvalue weighted by Gasteiger charge is 2.23. The number of hydrogen-bond donors (Lipinski definition) is 0. The molecule has 6 nitrogen and oxygen atoms in total. The summed E-state index contributed by atoms with van der Waals surface area (Å²) in [4.78, 5) is 34.1. The maximum atomic E-state index is 12.0. The van der Waals surface area contributed by atoms with Gasteiger partial charge in [-0.05, 0) is 19.8 Å². The van der Waals surface area contributed by atoms with Crippen molar-refractivity contribution >= 4 is 11.5 Å². The normalized spacial score (nSPS) is 15.6. The van der Waals surface area contributed by atoms with E-state index in [2.05, 4.69) is 0 Å². The largest absolute Gasteiger partial charge is 0.301 e. The Labute approximate surface area is 110 Å². The van der Waals surface area contributed by atoms with Crippen LogP contribution in [0.1, 0.15) is 31.2 Å². The Hall–Kier alpha value is -1.98. The Morgan fingerprint density at radius 3 is 2.68 bits per heavy atom. The number of aryl methyl sites for hydroxylation is 1. The lowest BCUT2D eigenvalue weighted by atomic mass is 10.0. The van der Waals surface area contributed by atoms with Crippen LogP contribution in [0.4, 0.5) is 5.69 Å². The summed E-state index contributed by atoms with van der Waals surface area (Å²) < 4.78 is 1.14. The molecule has 0 saturated heterocycles. The van der Waals surface area contributed by atoms with Crippen molar-refractivity contribution in [1.29, 1.82) is 0 Å². The predicted molar refractivity (Wildman–Crippen MR) is 69.1 cm³/mol. The Balaban J connectivity index is 2.24. The number of ketones is 1. The van der Waals surface area contributed by atoms with E-state index in [9.17, 15) is 19.7 Å². The second kappa shape index (κ2) is 5.34. The third-order valence-electron chi connectivity index (χ3n) is 3.64. The van der Waals surface area contributed by atoms with Gasteiger partial charge in [-0.2, -0.15) is 0 Å². The number of hydrogen-bond acceptors (Lipinski definition) is 4. The molecule has 0 radical (unpaired) electrons. The smallest absolute Gasteiger partial charge is 0.288 e. The first-order chi connectivity index (χ1) is 8.99. The Bertz CT molecular complexity index is 570. The fraction of sp³-hybridized carbons (Fsp3) is 0.538. The van der Waals surface area contributed by atoms with Crippen molar-refractivity contribution in [3.05, 3.63) is 38.3 Å². The van der Waals surface area contributed by atoms with E-state index < -0.39 is 4.92 Å². The van der Waals surface area contributed by atoms with Gasteiger partial charge < -0.3 is 4.57 Å². The van der Waals surface area contributed by atoms with Crippen LogP contribution in [0.25, 0.3) is 0 Å². The van der Waals surface area contributed by atoms with Crippen LogP contribution >= 0.6 is 0 Å². The number of carbonyl (C=O) groups is 1. The van der Waals surface area contributed by atoms with Crippen LogP contribution in [0.15, 0.2) is 17.1 Å². The van der Waals surface area contributed by atoms with Crippen LogP contribution in [0.2, 0.25) is 0 Å². The van der Waals surface area contributed by atoms with E-state index in [4.69, 9.17) is 0 Å². The number of pyridine rings is 1. The quantitative estimate of drug-likeness (QED) is 0.613. The highest BCUT2D eigenvalue weighted by Crippen LogP contribution is 2.26. The number of nitro groups is 1. The standard InChI is InChI=1S/C13H16N2O4/c1-9-6-13(17)14(7-11(9)15(18)19)8-12(16)10-4-2-3-5-10/h6-7,10H,2-5,8H2,1H3. The second-order valence-electron chi connectivity index (χ2n) is 5.01. The first-order valence-electron chi connectivity index (χ1n) is 6.37. The van der Waals surface area contributed by atoms with Gasteiger partial charge in [-0.25, -0.2) is 0 Å². The summed E-state index contributed by atoms with van der Waals surface area (Å²) in [6.07, 6.45) is 4.98. The second-order valence-corrected chi connectivity index (χ2v) is 5.01. The topological polar surface area (TPSA) is 82.2 Å². The fourth-order valence-electron chi connectivity index (χ4n) is 2.51. The van der Waals surface area contributed by atoms with Crippen molar-refractivity contribution in [2.45, 2.75) is 39.2 Å². The van der Waals surface area contributed by atoms with Gasteiger partial charge in [0.2, 0.25) is 0 Å². The van der Waals surface area contributed by atoms with Gasteiger partial charge in [-0.15, -0.1) is 0 Å². The van der Waals surface area contributed by atoms with Crippen LogP contribution < -0.4 is 5.56 Å². The summed E-state index contributed by atoms with van der Waals surface area (Å²) in [5, 5.41) is 10.8. The summed E-state index contributed by atoms with van der Waals surface area (Å²) in [7, 11) is 0. The minimum Gasteiger partial charge on any atom is -0.301 e. The molecule has 1 heterocycles. The summed E-state index contributed by atoms with van der Waals surface area (Å²) >= 11 is 0. The van der Waals surface area contributed by atoms with Crippen molar-refractivity contribution in [2.75, 3.05) is 0 Å². The molecule has 0 N–H and O–H groups in total. The van der Waals surface area contributed by atoms with E-state index in [-0.39, 0.29) is 29.5 Å². The summed E-state index contributed by atoms with van der Waals surface area (Å²) in [6, 6.07) is 1.21. The number of Topliss-reactive ketones (excluding diaryl/α,β-unsaturated/α-hetero) is 1. The van der Waals surface area contributed by atoms with E-state index in [1.165, 1.54) is 19.2 Å². The van der Waals surface area contributed by atoms with E-state index in [1.54, 1.807) is 0 Å². The van der Waals surface area contributed by atoms with Gasteiger partial charge in [0.1, 0.15) is 0 Å². The van der Waals surface area contributed by atoms with Crippen molar-refractivity contribution < 1.29 is 9.72 Å². The molecule has 2 rings (SSSR count). The van der Waals surface area contributed by atoms with E-state index in [0.29, 0.717) is 5.56 Å². The van der Waals surface area contributed by atoms with Gasteiger partial charge in [-0.1, -0.05) is 12.8 Å². The molecule has 1 aromatic rings. The molecule has 0 aliphatic heterocycles. The molecule has 1 fully saturated rings. The maximum absolute atomic E-state index is 12.0. The van der Waals surface area contributed by atoms with E-state index in [1.807, 2.05) is 0 Å². The van der Waals surface area contributed by atoms with Crippen molar-refractivity contribution in [1.82, 2.24) is 4.57 Å². The van der Waals surface area contributed by atoms with Crippen LogP contribution in [0, 0.1) is 23.0 Å². The minimum atomic E-state index is -0.536. The molecule has 0 aromatic carbocycles. The highest BCUT2D eigenvalue weighted by molar-refractivity contribution is 5.81. The molecule has 1 aliphatic carbocycles. The Morgan fingerprint density at radius 1 is 1.47 bits per heavy atom. The van der Waals surface area contributed by atoms with Crippen molar-refractivity contribution in [3.63, 3.8) is 0 Å². The van der Waals surface area contributed by atoms with Crippen LogP contribution in [-0.4, -0.2) is 15.3 Å². The molecule has 1 saturated carbocycles. The molecule has 0 unspecified atom stereocenters. The lowest BCUT2D eigenvalue weighted by molar-refractivity contribution is -0.385. The zero-order valence-electron chi connectivity index (χ0n) is 10.8. The predicted octanol–water partition coefficient (Wildman–Crippen LogP) is 1.82. The number of rotatable bonds is 4. The molecule has 0 spiro atoms. The molecule has 102 valence electrons. The summed E-state index contributed by atoms with van der Waals surface area (Å²) in [5.74, 6) is 0.00464. The van der Waals surface area contributed by atoms with Gasteiger partial charge in [-0.3, -0.25) is 19.7 Å². The number of nitrogens with zero attached hydrogens (tertiary/aromatic N) is 2. The lowest BCUT2D eigenvalue weighted by Crippen LogP contribution is -2.27. The first-order valence-corrected chi connectivity index (χ1v) is 6.37. The van der Waals surface area contributed by atoms with Gasteiger partial charge >= 0.3 is 0 Å². The highest BCUT2D eigenvalue weighted by atomic mass is 16.6. The van der Waals surface area contributed by atoms with E-state index in [0.717, 1.165) is 30.3 Å². The Morgan fingerprint density at radius 2 is 2.11 bits per heavy atom. The SMILES string of the molecule is Cc1cc(=O)n(CC(=O)C2CCCC2)cc1[N+](=O)[O-]. The molecule has 6 heteroatoms. The molecule has 19 heavy (non-hydrogen) atoms. The maximum Gasteiger partial charge on any atom is 0.288 e. The number of carbonyl (C=O) groups excluding carboxylic acids is 1. The van der Waals surface area contributed by atoms with Crippen LogP contribution in [0.5, 0.6) is 0 Å². The molecule has 0 amide bonds. The van der Waals surface area contributed by atoms with Gasteiger partial charge in [0, 0.05) is 17.5 Å². The zero-order valence-corrected chi connectivity index (χ0v) is 10.8. The lowest BCUT2D eigenvalue weighted by Gasteiger charge is -2.10. The third-order valence-corrected chi connectivity index (χ3v) is 3.64. The fourth-order valence-corrected chi connectivity index (χ4v) is 2.51. The zero-order chi connectivity index (χ0) is 14.0. The Kier molecular flexibility index (Phi) is 3.78. The summed E-state index contributed by atoms with van der Waals surface area (Å²) in [6.45, 7) is 1.45. The average Bonchev–Trinajstić information content (AvgIpc) is 2.85. The minimum absolute atomic E-state index is 0.00208. The molecule has 1 aliphatic rings. The first kappa shape index (κ1) is 13.5. The summed E-state index contributed by atoms with van der Waals surface area (Å²) in [5.41, 5.74) is -0.173. The van der Waals surface area contributed by atoms with Crippen LogP contribution in [-0.2, 0) is 11.3 Å². The third kappa shape index (κ3) is 2.89. The molecule has 0 atom stereocenters. The molecular formula is C13H16N2O4. The van der Waals surface area contributed by atoms with Gasteiger partial charge in [0.15, 0.2) is 5.78 Å². The average molecular weight is 264 g/mol. The van der Waals surface area contributed by atoms with E-state index >= 15 is 0 Å². The molecule has 0 bridgehead atoms. The molecule has 1 aromatic heterocycles. The van der Waals surface area contributed by atoms with Gasteiger partial charge in [0.25, 0.3) is 11.2 Å². The molecular weight excluding hydrogens is 248 g/mol. The van der Waals surface area contributed by atoms with Crippen LogP contribution in [0.3, 0.4) is 0 Å². The van der Waals surface area contributed by atoms with Crippen molar-refractivity contribution in [3.8, 4) is 0 Å². The van der Waals surface area contributed by atoms with Gasteiger partial charge in [0.05, 0.1) is 17.7 Å².